The summed E-state index contributed by atoms with van der Waals surface area (Å²) in [7, 11) is 0. The van der Waals surface area contributed by atoms with Crippen LogP contribution >= 0.6 is 12.4 Å². The van der Waals surface area contributed by atoms with E-state index in [4.69, 9.17) is 5.73 Å². The molecule has 22 heavy (non-hydrogen) atoms. The van der Waals surface area contributed by atoms with Crippen LogP contribution in [0.2, 0.25) is 0 Å². The highest BCUT2D eigenvalue weighted by Crippen LogP contribution is 2.26. The van der Waals surface area contributed by atoms with Crippen LogP contribution in [0.3, 0.4) is 0 Å². The second-order valence-corrected chi connectivity index (χ2v) is 5.78. The number of nitrogens with two attached hydrogens (primary N) is 1. The smallest absolute Gasteiger partial charge is 0.240 e. The zero-order chi connectivity index (χ0) is 15.3. The van der Waals surface area contributed by atoms with Crippen molar-refractivity contribution in [1.29, 1.82) is 0 Å². The third kappa shape index (κ3) is 5.00. The molecule has 4 N–H and O–H groups in total. The highest BCUT2D eigenvalue weighted by atomic mass is 35.5. The zero-order valence-electron chi connectivity index (χ0n) is 12.9. The maximum Gasteiger partial charge on any atom is 0.240 e. The molecule has 1 saturated carbocycles. The molecule has 0 aliphatic heterocycles. The fraction of sp³-hybridized carbons (Fsp3) is 0.500. The van der Waals surface area contributed by atoms with Crippen LogP contribution in [-0.2, 0) is 16.1 Å². The Bertz CT molecular complexity index is 511. The van der Waals surface area contributed by atoms with Crippen LogP contribution in [0.5, 0.6) is 0 Å². The average Bonchev–Trinajstić information content (AvgIpc) is 2.46. The third-order valence-electron chi connectivity index (χ3n) is 3.93. The molecule has 0 spiro atoms. The van der Waals surface area contributed by atoms with Crippen molar-refractivity contribution in [3.05, 3.63) is 29.8 Å². The Balaban J connectivity index is 0.00000242. The zero-order valence-corrected chi connectivity index (χ0v) is 13.7. The van der Waals surface area contributed by atoms with Crippen LogP contribution in [-0.4, -0.2) is 17.4 Å². The lowest BCUT2D eigenvalue weighted by atomic mass is 9.82. The molecule has 122 valence electrons. The number of nitrogens with one attached hydrogen (secondary N) is 2. The fourth-order valence-corrected chi connectivity index (χ4v) is 2.68. The quantitative estimate of drug-likeness (QED) is 0.794. The molecule has 0 bridgehead atoms. The van der Waals surface area contributed by atoms with E-state index in [0.717, 1.165) is 43.4 Å². The molecule has 1 aliphatic carbocycles. The van der Waals surface area contributed by atoms with E-state index in [1.807, 2.05) is 24.3 Å². The summed E-state index contributed by atoms with van der Waals surface area (Å²) in [5.41, 5.74) is 7.22. The van der Waals surface area contributed by atoms with Gasteiger partial charge in [-0.1, -0.05) is 31.4 Å². The van der Waals surface area contributed by atoms with E-state index in [9.17, 15) is 9.59 Å². The van der Waals surface area contributed by atoms with Crippen molar-refractivity contribution in [3.8, 4) is 0 Å². The monoisotopic (exact) mass is 325 g/mol. The minimum Gasteiger partial charge on any atom is -0.350 e. The molecular weight excluding hydrogens is 302 g/mol. The SMILES string of the molecule is CC(=O)Nc1ccc(CNC(=O)C2(N)CCCCC2)cc1.Cl. The molecule has 0 atom stereocenters. The van der Waals surface area contributed by atoms with Gasteiger partial charge in [-0.2, -0.15) is 0 Å². The lowest BCUT2D eigenvalue weighted by Gasteiger charge is -2.31. The second kappa shape index (κ2) is 8.15. The second-order valence-electron chi connectivity index (χ2n) is 5.78. The number of amides is 2. The number of hydrogen-bond acceptors (Lipinski definition) is 3. The molecule has 0 aromatic heterocycles. The minimum absolute atomic E-state index is 0. The summed E-state index contributed by atoms with van der Waals surface area (Å²) in [5.74, 6) is -0.161. The average molecular weight is 326 g/mol. The topological polar surface area (TPSA) is 84.2 Å². The number of carbonyl (C=O) groups excluding carboxylic acids is 2. The number of hydrogen-bond donors (Lipinski definition) is 3. The van der Waals surface area contributed by atoms with Crippen LogP contribution in [0, 0.1) is 0 Å². The molecular formula is C16H24ClN3O2. The van der Waals surface area contributed by atoms with Crippen molar-refractivity contribution in [2.75, 3.05) is 5.32 Å². The lowest BCUT2D eigenvalue weighted by Crippen LogP contribution is -2.54. The van der Waals surface area contributed by atoms with Crippen LogP contribution in [0.15, 0.2) is 24.3 Å². The van der Waals surface area contributed by atoms with Gasteiger partial charge >= 0.3 is 0 Å². The summed E-state index contributed by atoms with van der Waals surface area (Å²) in [6, 6.07) is 7.41. The van der Waals surface area contributed by atoms with E-state index < -0.39 is 5.54 Å². The molecule has 2 rings (SSSR count). The third-order valence-corrected chi connectivity index (χ3v) is 3.93. The molecule has 5 nitrogen and oxygen atoms in total. The fourth-order valence-electron chi connectivity index (χ4n) is 2.68. The predicted molar refractivity (Wildman–Crippen MR) is 89.8 cm³/mol. The maximum absolute atomic E-state index is 12.2. The van der Waals surface area contributed by atoms with Gasteiger partial charge in [-0.3, -0.25) is 9.59 Å². The molecule has 0 saturated heterocycles. The number of carbonyl (C=O) groups is 2. The Morgan fingerprint density at radius 1 is 1.14 bits per heavy atom. The van der Waals surface area contributed by atoms with Crippen LogP contribution in [0.1, 0.15) is 44.6 Å². The first kappa shape index (κ1) is 18.5. The molecule has 1 fully saturated rings. The van der Waals surface area contributed by atoms with E-state index in [1.54, 1.807) is 0 Å². The summed E-state index contributed by atoms with van der Waals surface area (Å²) in [6.07, 6.45) is 4.74. The predicted octanol–water partition coefficient (Wildman–Crippen LogP) is 2.34. The van der Waals surface area contributed by atoms with Gasteiger partial charge in [0.25, 0.3) is 0 Å². The number of halogens is 1. The first-order valence-corrected chi connectivity index (χ1v) is 7.43. The normalized spacial score (nSPS) is 16.3. The highest BCUT2D eigenvalue weighted by Gasteiger charge is 2.34. The Morgan fingerprint density at radius 2 is 1.73 bits per heavy atom. The Morgan fingerprint density at radius 3 is 2.27 bits per heavy atom. The minimum atomic E-state index is -0.700. The van der Waals surface area contributed by atoms with Gasteiger partial charge in [-0.25, -0.2) is 0 Å². The van der Waals surface area contributed by atoms with Crippen molar-refractivity contribution < 1.29 is 9.59 Å². The molecule has 2 amide bonds. The lowest BCUT2D eigenvalue weighted by molar-refractivity contribution is -0.127. The van der Waals surface area contributed by atoms with Crippen molar-refractivity contribution in [1.82, 2.24) is 5.32 Å². The Hall–Kier alpha value is -1.59. The van der Waals surface area contributed by atoms with Crippen LogP contribution in [0.25, 0.3) is 0 Å². The van der Waals surface area contributed by atoms with Crippen molar-refractivity contribution in [2.45, 2.75) is 51.1 Å². The number of anilines is 1. The van der Waals surface area contributed by atoms with Gasteiger partial charge < -0.3 is 16.4 Å². The van der Waals surface area contributed by atoms with Crippen LogP contribution in [0.4, 0.5) is 5.69 Å². The summed E-state index contributed by atoms with van der Waals surface area (Å²) in [6.45, 7) is 1.93. The number of rotatable bonds is 4. The van der Waals surface area contributed by atoms with Crippen molar-refractivity contribution in [2.24, 2.45) is 5.73 Å². The van der Waals surface area contributed by atoms with Gasteiger partial charge in [0, 0.05) is 19.2 Å². The molecule has 1 aliphatic rings. The first-order valence-electron chi connectivity index (χ1n) is 7.43. The van der Waals surface area contributed by atoms with E-state index in [-0.39, 0.29) is 24.2 Å². The Kier molecular flexibility index (Phi) is 6.84. The molecule has 1 aromatic rings. The van der Waals surface area contributed by atoms with Crippen LogP contribution < -0.4 is 16.4 Å². The van der Waals surface area contributed by atoms with Gasteiger partial charge in [0.15, 0.2) is 0 Å². The van der Waals surface area contributed by atoms with E-state index in [0.29, 0.717) is 6.54 Å². The van der Waals surface area contributed by atoms with Gasteiger partial charge in [0.2, 0.25) is 11.8 Å². The van der Waals surface area contributed by atoms with E-state index >= 15 is 0 Å². The maximum atomic E-state index is 12.2. The van der Waals surface area contributed by atoms with Crippen molar-refractivity contribution in [3.63, 3.8) is 0 Å². The summed E-state index contributed by atoms with van der Waals surface area (Å²) in [4.78, 5) is 23.2. The van der Waals surface area contributed by atoms with Crippen molar-refractivity contribution >= 4 is 29.9 Å². The Labute approximate surface area is 137 Å². The molecule has 6 heteroatoms. The highest BCUT2D eigenvalue weighted by molar-refractivity contribution is 5.88. The summed E-state index contributed by atoms with van der Waals surface area (Å²) < 4.78 is 0. The van der Waals surface area contributed by atoms with Gasteiger partial charge in [-0.05, 0) is 30.5 Å². The first-order chi connectivity index (χ1) is 9.99. The molecule has 0 heterocycles. The molecule has 1 aromatic carbocycles. The van der Waals surface area contributed by atoms with Gasteiger partial charge in [-0.15, -0.1) is 12.4 Å². The summed E-state index contributed by atoms with van der Waals surface area (Å²) in [5, 5.41) is 5.63. The standard InChI is InChI=1S/C16H23N3O2.ClH/c1-12(20)19-14-7-5-13(6-8-14)11-18-15(21)16(17)9-3-2-4-10-16;/h5-8H,2-4,9-11,17H2,1H3,(H,18,21)(H,19,20);1H. The van der Waals surface area contributed by atoms with E-state index in [2.05, 4.69) is 10.6 Å². The molecule has 0 radical (unpaired) electrons. The molecule has 0 unspecified atom stereocenters. The van der Waals surface area contributed by atoms with Gasteiger partial charge in [0.05, 0.1) is 5.54 Å². The number of benzene rings is 1. The van der Waals surface area contributed by atoms with Gasteiger partial charge in [0.1, 0.15) is 0 Å². The summed E-state index contributed by atoms with van der Waals surface area (Å²) >= 11 is 0. The largest absolute Gasteiger partial charge is 0.350 e. The van der Waals surface area contributed by atoms with E-state index in [1.165, 1.54) is 6.92 Å².